The molecule has 0 atom stereocenters. The molecule has 0 aromatic carbocycles. The van der Waals surface area contributed by atoms with Crippen molar-refractivity contribution in [1.29, 1.82) is 0 Å². The molecule has 0 amide bonds. The summed E-state index contributed by atoms with van der Waals surface area (Å²) in [6.45, 7) is 6.43. The molecule has 4 heterocycles. The van der Waals surface area contributed by atoms with Crippen LogP contribution in [0.2, 0.25) is 0 Å². The van der Waals surface area contributed by atoms with E-state index < -0.39 is 0 Å². The minimum atomic E-state index is -0.0575. The Morgan fingerprint density at radius 1 is 1.00 bits per heavy atom. The quantitative estimate of drug-likeness (QED) is 0.697. The van der Waals surface area contributed by atoms with Gasteiger partial charge in [-0.2, -0.15) is 5.10 Å². The van der Waals surface area contributed by atoms with Gasteiger partial charge in [-0.15, -0.1) is 0 Å². The van der Waals surface area contributed by atoms with Gasteiger partial charge in [0.1, 0.15) is 0 Å². The summed E-state index contributed by atoms with van der Waals surface area (Å²) in [7, 11) is 0. The minimum Gasteiger partial charge on any atom is -0.341 e. The molecule has 4 rings (SSSR count). The highest BCUT2D eigenvalue weighted by atomic mass is 16.1. The van der Waals surface area contributed by atoms with E-state index in [1.54, 1.807) is 29.2 Å². The topological polar surface area (TPSA) is 76.8 Å². The van der Waals surface area contributed by atoms with Crippen LogP contribution in [0.25, 0.3) is 11.3 Å². The zero-order valence-electron chi connectivity index (χ0n) is 16.2. The smallest absolute Gasteiger partial charge is 0.266 e. The van der Waals surface area contributed by atoms with Crippen LogP contribution in [-0.2, 0) is 6.54 Å². The number of aryl methyl sites for hydroxylation is 2. The predicted octanol–water partition coefficient (Wildman–Crippen LogP) is 2.63. The van der Waals surface area contributed by atoms with Gasteiger partial charge in [0.25, 0.3) is 5.56 Å². The Labute approximate surface area is 164 Å². The first-order valence-electron chi connectivity index (χ1n) is 9.64. The van der Waals surface area contributed by atoms with Crippen LogP contribution in [0.5, 0.6) is 0 Å². The molecule has 0 aliphatic carbocycles. The number of aromatic nitrogens is 5. The monoisotopic (exact) mass is 376 g/mol. The molecule has 28 heavy (non-hydrogen) atoms. The molecule has 144 valence electrons. The van der Waals surface area contributed by atoms with Crippen LogP contribution in [-0.4, -0.2) is 37.8 Å². The van der Waals surface area contributed by atoms with Crippen LogP contribution in [0.3, 0.4) is 0 Å². The summed E-state index contributed by atoms with van der Waals surface area (Å²) in [5.74, 6) is 1.23. The van der Waals surface area contributed by atoms with E-state index in [9.17, 15) is 4.79 Å². The average Bonchev–Trinajstić information content (AvgIpc) is 2.70. The molecule has 0 bridgehead atoms. The van der Waals surface area contributed by atoms with Gasteiger partial charge in [0.05, 0.1) is 5.69 Å². The molecule has 1 aliphatic heterocycles. The van der Waals surface area contributed by atoms with Crippen molar-refractivity contribution in [3.05, 3.63) is 64.5 Å². The number of nitrogens with zero attached hydrogens (tertiary/aromatic N) is 6. The fourth-order valence-electron chi connectivity index (χ4n) is 3.67. The van der Waals surface area contributed by atoms with E-state index in [0.29, 0.717) is 12.5 Å². The minimum absolute atomic E-state index is 0.0575. The summed E-state index contributed by atoms with van der Waals surface area (Å²) < 4.78 is 1.60. The highest BCUT2D eigenvalue weighted by Crippen LogP contribution is 2.22. The van der Waals surface area contributed by atoms with Gasteiger partial charge in [-0.05, 0) is 56.9 Å². The van der Waals surface area contributed by atoms with Crippen molar-refractivity contribution in [2.45, 2.75) is 33.2 Å². The van der Waals surface area contributed by atoms with Crippen molar-refractivity contribution in [1.82, 2.24) is 24.7 Å². The normalized spacial score (nSPS) is 15.0. The third-order valence-electron chi connectivity index (χ3n) is 5.14. The maximum absolute atomic E-state index is 12.3. The second-order valence-corrected chi connectivity index (χ2v) is 7.36. The summed E-state index contributed by atoms with van der Waals surface area (Å²) in [4.78, 5) is 27.7. The first kappa shape index (κ1) is 18.3. The molecule has 1 fully saturated rings. The van der Waals surface area contributed by atoms with Gasteiger partial charge < -0.3 is 4.90 Å². The average molecular weight is 376 g/mol. The number of anilines is 1. The van der Waals surface area contributed by atoms with Crippen LogP contribution in [0.1, 0.15) is 24.2 Å². The lowest BCUT2D eigenvalue weighted by molar-refractivity contribution is 0.334. The number of hydrogen-bond acceptors (Lipinski definition) is 6. The molecule has 0 radical (unpaired) electrons. The van der Waals surface area contributed by atoms with Gasteiger partial charge in [0.2, 0.25) is 5.95 Å². The molecular formula is C21H24N6O. The zero-order chi connectivity index (χ0) is 19.5. The van der Waals surface area contributed by atoms with E-state index in [1.165, 1.54) is 0 Å². The number of piperidine rings is 1. The van der Waals surface area contributed by atoms with Gasteiger partial charge in [0.15, 0.2) is 0 Å². The highest BCUT2D eigenvalue weighted by molar-refractivity contribution is 5.56. The lowest BCUT2D eigenvalue weighted by Crippen LogP contribution is -2.37. The van der Waals surface area contributed by atoms with E-state index in [2.05, 4.69) is 25.0 Å². The first-order valence-corrected chi connectivity index (χ1v) is 9.64. The summed E-state index contributed by atoms with van der Waals surface area (Å²) in [5.41, 5.74) is 3.69. The standard InChI is InChI=1S/C21H24N6O/c1-15-13-16(2)24-21(23-15)26-11-7-17(8-12-26)14-27-20(28)4-3-19(25-27)18-5-9-22-10-6-18/h3-6,9-10,13,17H,7-8,11-12,14H2,1-2H3. The van der Waals surface area contributed by atoms with Crippen LogP contribution in [0.4, 0.5) is 5.95 Å². The van der Waals surface area contributed by atoms with Crippen molar-refractivity contribution in [3.8, 4) is 11.3 Å². The van der Waals surface area contributed by atoms with Gasteiger partial charge in [-0.3, -0.25) is 9.78 Å². The Morgan fingerprint density at radius 2 is 1.68 bits per heavy atom. The molecule has 1 aliphatic rings. The lowest BCUT2D eigenvalue weighted by atomic mass is 9.97. The van der Waals surface area contributed by atoms with Crippen LogP contribution < -0.4 is 10.5 Å². The third-order valence-corrected chi connectivity index (χ3v) is 5.14. The van der Waals surface area contributed by atoms with E-state index in [0.717, 1.165) is 54.5 Å². The Bertz CT molecular complexity index is 989. The second-order valence-electron chi connectivity index (χ2n) is 7.36. The summed E-state index contributed by atoms with van der Waals surface area (Å²) in [6, 6.07) is 9.17. The third kappa shape index (κ3) is 4.08. The molecule has 0 spiro atoms. The molecule has 1 saturated heterocycles. The molecule has 3 aromatic rings. The Balaban J connectivity index is 1.44. The fourth-order valence-corrected chi connectivity index (χ4v) is 3.67. The van der Waals surface area contributed by atoms with E-state index in [4.69, 9.17) is 0 Å². The largest absolute Gasteiger partial charge is 0.341 e. The van der Waals surface area contributed by atoms with Crippen molar-refractivity contribution in [2.75, 3.05) is 18.0 Å². The van der Waals surface area contributed by atoms with E-state index in [-0.39, 0.29) is 5.56 Å². The van der Waals surface area contributed by atoms with Crippen LogP contribution >= 0.6 is 0 Å². The molecule has 0 unspecified atom stereocenters. The maximum Gasteiger partial charge on any atom is 0.266 e. The number of pyridine rings is 1. The summed E-state index contributed by atoms with van der Waals surface area (Å²) >= 11 is 0. The van der Waals surface area contributed by atoms with Gasteiger partial charge in [-0.25, -0.2) is 14.6 Å². The Morgan fingerprint density at radius 3 is 2.36 bits per heavy atom. The van der Waals surface area contributed by atoms with E-state index in [1.807, 2.05) is 32.0 Å². The Hall–Kier alpha value is -3.09. The van der Waals surface area contributed by atoms with Crippen LogP contribution in [0, 0.1) is 19.8 Å². The van der Waals surface area contributed by atoms with Crippen molar-refractivity contribution < 1.29 is 0 Å². The maximum atomic E-state index is 12.3. The van der Waals surface area contributed by atoms with Gasteiger partial charge in [-0.1, -0.05) is 0 Å². The van der Waals surface area contributed by atoms with E-state index >= 15 is 0 Å². The lowest BCUT2D eigenvalue weighted by Gasteiger charge is -2.32. The second kappa shape index (κ2) is 7.88. The predicted molar refractivity (Wildman–Crippen MR) is 108 cm³/mol. The molecule has 7 heteroatoms. The Kier molecular flexibility index (Phi) is 5.14. The molecule has 7 nitrogen and oxygen atoms in total. The number of hydrogen-bond donors (Lipinski definition) is 0. The number of rotatable bonds is 4. The van der Waals surface area contributed by atoms with Gasteiger partial charge >= 0.3 is 0 Å². The fraction of sp³-hybridized carbons (Fsp3) is 0.381. The molecule has 0 saturated carbocycles. The molecule has 0 N–H and O–H groups in total. The molecule has 3 aromatic heterocycles. The summed E-state index contributed by atoms with van der Waals surface area (Å²) in [5, 5.41) is 4.58. The van der Waals surface area contributed by atoms with Crippen molar-refractivity contribution in [2.24, 2.45) is 5.92 Å². The summed E-state index contributed by atoms with van der Waals surface area (Å²) in [6.07, 6.45) is 5.45. The highest BCUT2D eigenvalue weighted by Gasteiger charge is 2.22. The van der Waals surface area contributed by atoms with Crippen molar-refractivity contribution in [3.63, 3.8) is 0 Å². The molecular weight excluding hydrogens is 352 g/mol. The van der Waals surface area contributed by atoms with Gasteiger partial charge in [0, 0.05) is 55.0 Å². The van der Waals surface area contributed by atoms with Crippen LogP contribution in [0.15, 0.2) is 47.5 Å². The SMILES string of the molecule is Cc1cc(C)nc(N2CCC(Cn3nc(-c4ccncc4)ccc3=O)CC2)n1. The van der Waals surface area contributed by atoms with Crippen molar-refractivity contribution >= 4 is 5.95 Å². The zero-order valence-corrected chi connectivity index (χ0v) is 16.2. The first-order chi connectivity index (χ1) is 13.6.